The van der Waals surface area contributed by atoms with Gasteiger partial charge >= 0.3 is 6.03 Å². The Hall–Kier alpha value is -4.28. The van der Waals surface area contributed by atoms with Crippen LogP contribution >= 0.6 is 0 Å². The molecule has 4 rings (SSSR count). The molecule has 1 fully saturated rings. The van der Waals surface area contributed by atoms with Crippen LogP contribution in [0.1, 0.15) is 30.5 Å². The van der Waals surface area contributed by atoms with Crippen LogP contribution in [0.2, 0.25) is 0 Å². The smallest absolute Gasteiger partial charge is 0.325 e. The van der Waals surface area contributed by atoms with Crippen molar-refractivity contribution in [3.8, 4) is 0 Å². The van der Waals surface area contributed by atoms with E-state index in [1.54, 1.807) is 55.3 Å². The number of amides is 4. The van der Waals surface area contributed by atoms with Gasteiger partial charge in [-0.1, -0.05) is 19.1 Å². The van der Waals surface area contributed by atoms with E-state index >= 15 is 0 Å². The maximum absolute atomic E-state index is 13.8. The summed E-state index contributed by atoms with van der Waals surface area (Å²) in [7, 11) is 3.29. The normalized spacial score (nSPS) is 17.9. The van der Waals surface area contributed by atoms with E-state index in [2.05, 4.69) is 15.3 Å². The molecule has 0 bridgehead atoms. The molecule has 4 amide bonds. The number of nitrogens with zero attached hydrogens (tertiary/aromatic N) is 5. The topological polar surface area (TPSA) is 126 Å². The summed E-state index contributed by atoms with van der Waals surface area (Å²) in [6.45, 7) is 1.84. The van der Waals surface area contributed by atoms with Gasteiger partial charge in [0.1, 0.15) is 17.7 Å². The molecule has 3 aromatic rings. The van der Waals surface area contributed by atoms with Gasteiger partial charge in [-0.3, -0.25) is 19.4 Å². The first-order valence-corrected chi connectivity index (χ1v) is 11.6. The van der Waals surface area contributed by atoms with Gasteiger partial charge in [-0.25, -0.2) is 19.2 Å². The average Bonchev–Trinajstić information content (AvgIpc) is 3.28. The third-order valence-corrected chi connectivity index (χ3v) is 6.37. The van der Waals surface area contributed by atoms with Crippen molar-refractivity contribution >= 4 is 29.6 Å². The zero-order chi connectivity index (χ0) is 26.0. The summed E-state index contributed by atoms with van der Waals surface area (Å²) >= 11 is 0. The van der Waals surface area contributed by atoms with Gasteiger partial charge in [0.15, 0.2) is 0 Å². The molecule has 11 heteroatoms. The number of rotatable bonds is 7. The van der Waals surface area contributed by atoms with Crippen molar-refractivity contribution < 1.29 is 18.8 Å². The van der Waals surface area contributed by atoms with Crippen LogP contribution in [0.5, 0.6) is 0 Å². The number of carbonyl (C=O) groups is 3. The predicted molar refractivity (Wildman–Crippen MR) is 131 cm³/mol. The van der Waals surface area contributed by atoms with Gasteiger partial charge in [-0.05, 0) is 48.2 Å². The number of imidazole rings is 1. The second-order valence-corrected chi connectivity index (χ2v) is 8.75. The second kappa shape index (κ2) is 10.1. The number of β-lactam (4-membered cyclic amide) rings is 1. The summed E-state index contributed by atoms with van der Waals surface area (Å²) in [5.41, 5.74) is 7.07. The van der Waals surface area contributed by atoms with Crippen LogP contribution in [-0.2, 0) is 23.1 Å². The Morgan fingerprint density at radius 2 is 2.00 bits per heavy atom. The van der Waals surface area contributed by atoms with E-state index in [1.807, 2.05) is 6.92 Å². The van der Waals surface area contributed by atoms with Crippen LogP contribution in [0.4, 0.5) is 21.0 Å². The Balaban J connectivity index is 1.61. The molecule has 36 heavy (non-hydrogen) atoms. The van der Waals surface area contributed by atoms with E-state index in [4.69, 9.17) is 5.73 Å². The molecule has 1 saturated heterocycles. The molecule has 10 nitrogen and oxygen atoms in total. The number of hydrogen-bond acceptors (Lipinski definition) is 6. The lowest BCUT2D eigenvalue weighted by molar-refractivity contribution is -0.156. The number of aryl methyl sites for hydroxylation is 1. The number of urea groups is 1. The summed E-state index contributed by atoms with van der Waals surface area (Å²) in [6, 6.07) is 6.94. The largest absolute Gasteiger partial charge is 0.384 e. The number of benzene rings is 1. The van der Waals surface area contributed by atoms with Gasteiger partial charge in [-0.15, -0.1) is 0 Å². The van der Waals surface area contributed by atoms with Gasteiger partial charge in [-0.2, -0.15) is 0 Å². The molecule has 0 spiro atoms. The zero-order valence-corrected chi connectivity index (χ0v) is 20.3. The maximum Gasteiger partial charge on any atom is 0.325 e. The molecule has 3 N–H and O–H groups in total. The molecular formula is C25H28FN7O3. The lowest BCUT2D eigenvalue weighted by Crippen LogP contribution is -2.70. The van der Waals surface area contributed by atoms with Crippen LogP contribution in [-0.4, -0.2) is 50.4 Å². The first kappa shape index (κ1) is 24.8. The number of nitrogen functional groups attached to an aromatic ring is 1. The van der Waals surface area contributed by atoms with Crippen molar-refractivity contribution in [3.63, 3.8) is 0 Å². The zero-order valence-electron chi connectivity index (χ0n) is 20.3. The fourth-order valence-electron chi connectivity index (χ4n) is 4.47. The minimum Gasteiger partial charge on any atom is -0.384 e. The SMILES string of the molecule is CCC(NC(=O)N1C(=O)[C@H](Cc2ccnc(N)c2)[C@H]1C(=O)N(C)c1nccn1C)c1cccc(F)c1. The molecule has 188 valence electrons. The molecule has 1 aliphatic rings. The Morgan fingerprint density at radius 3 is 2.64 bits per heavy atom. The van der Waals surface area contributed by atoms with Gasteiger partial charge in [0, 0.05) is 32.7 Å². The highest BCUT2D eigenvalue weighted by Crippen LogP contribution is 2.33. The number of pyridine rings is 1. The van der Waals surface area contributed by atoms with E-state index in [0.717, 1.165) is 10.5 Å². The quantitative estimate of drug-likeness (QED) is 0.487. The molecule has 2 aromatic heterocycles. The van der Waals surface area contributed by atoms with Crippen molar-refractivity contribution in [2.45, 2.75) is 31.8 Å². The molecule has 0 aliphatic carbocycles. The number of halogens is 1. The third-order valence-electron chi connectivity index (χ3n) is 6.37. The number of likely N-dealkylation sites (tertiary alicyclic amines) is 1. The molecule has 0 saturated carbocycles. The summed E-state index contributed by atoms with van der Waals surface area (Å²) in [4.78, 5) is 50.5. The van der Waals surface area contributed by atoms with Gasteiger partial charge in [0.05, 0.1) is 12.0 Å². The number of hydrogen-bond donors (Lipinski definition) is 2. The molecular weight excluding hydrogens is 465 g/mol. The highest BCUT2D eigenvalue weighted by molar-refractivity contribution is 6.12. The molecule has 1 aliphatic heterocycles. The van der Waals surface area contributed by atoms with Crippen molar-refractivity contribution in [1.82, 2.24) is 24.8 Å². The number of nitrogens with one attached hydrogen (secondary N) is 1. The minimum absolute atomic E-state index is 0.210. The van der Waals surface area contributed by atoms with Crippen LogP contribution in [0.15, 0.2) is 55.0 Å². The number of nitrogens with two attached hydrogens (primary N) is 1. The first-order valence-electron chi connectivity index (χ1n) is 11.6. The van der Waals surface area contributed by atoms with E-state index in [9.17, 15) is 18.8 Å². The molecule has 1 aromatic carbocycles. The maximum atomic E-state index is 13.8. The Kier molecular flexibility index (Phi) is 7.00. The van der Waals surface area contributed by atoms with Crippen molar-refractivity contribution in [2.24, 2.45) is 13.0 Å². The molecule has 3 heterocycles. The molecule has 1 unspecified atom stereocenters. The Morgan fingerprint density at radius 1 is 1.22 bits per heavy atom. The fourth-order valence-corrected chi connectivity index (χ4v) is 4.47. The summed E-state index contributed by atoms with van der Waals surface area (Å²) in [5, 5.41) is 2.78. The third kappa shape index (κ3) is 4.77. The van der Waals surface area contributed by atoms with Crippen LogP contribution in [0, 0.1) is 11.7 Å². The van der Waals surface area contributed by atoms with Crippen LogP contribution in [0.3, 0.4) is 0 Å². The van der Waals surface area contributed by atoms with Crippen LogP contribution in [0.25, 0.3) is 0 Å². The summed E-state index contributed by atoms with van der Waals surface area (Å²) < 4.78 is 15.4. The monoisotopic (exact) mass is 493 g/mol. The minimum atomic E-state index is -1.06. The Bertz CT molecular complexity index is 1290. The number of imide groups is 1. The lowest BCUT2D eigenvalue weighted by atomic mass is 9.81. The van der Waals surface area contributed by atoms with E-state index in [0.29, 0.717) is 23.8 Å². The van der Waals surface area contributed by atoms with Crippen LogP contribution < -0.4 is 16.0 Å². The van der Waals surface area contributed by atoms with Gasteiger partial charge in [0.2, 0.25) is 11.9 Å². The standard InChI is InChI=1S/C25H28FN7O3/c1-4-19(16-6-5-7-17(26)14-16)30-25(36)33-21(23(35)32(3)24-29-10-11-31(24)2)18(22(33)34)12-15-8-9-28-20(27)13-15/h5-11,13-14,18-19,21H,4,12H2,1-3H3,(H2,27,28)(H,30,36)/t18-,19?,21+/m1/s1. The second-order valence-electron chi connectivity index (χ2n) is 8.75. The number of anilines is 2. The fraction of sp³-hybridized carbons (Fsp3) is 0.320. The highest BCUT2D eigenvalue weighted by atomic mass is 19.1. The molecule has 0 radical (unpaired) electrons. The summed E-state index contributed by atoms with van der Waals surface area (Å²) in [6.07, 6.45) is 5.44. The van der Waals surface area contributed by atoms with E-state index < -0.39 is 41.7 Å². The van der Waals surface area contributed by atoms with Crippen molar-refractivity contribution in [1.29, 1.82) is 0 Å². The van der Waals surface area contributed by atoms with Gasteiger partial charge < -0.3 is 15.6 Å². The van der Waals surface area contributed by atoms with E-state index in [1.165, 1.54) is 23.2 Å². The van der Waals surface area contributed by atoms with Crippen molar-refractivity contribution in [3.05, 3.63) is 71.9 Å². The lowest BCUT2D eigenvalue weighted by Gasteiger charge is -2.45. The first-order chi connectivity index (χ1) is 17.2. The number of aromatic nitrogens is 3. The Labute approximate surface area is 207 Å². The van der Waals surface area contributed by atoms with Gasteiger partial charge in [0.25, 0.3) is 5.91 Å². The average molecular weight is 494 g/mol. The van der Waals surface area contributed by atoms with Crippen molar-refractivity contribution in [2.75, 3.05) is 17.7 Å². The highest BCUT2D eigenvalue weighted by Gasteiger charge is 2.55. The number of carbonyl (C=O) groups excluding carboxylic acids is 3. The predicted octanol–water partition coefficient (Wildman–Crippen LogP) is 2.43. The molecule has 3 atom stereocenters. The summed E-state index contributed by atoms with van der Waals surface area (Å²) in [5.74, 6) is -1.47. The number of likely N-dealkylation sites (N-methyl/N-ethyl adjacent to an activating group) is 1. The van der Waals surface area contributed by atoms with E-state index in [-0.39, 0.29) is 6.42 Å².